The Bertz CT molecular complexity index is 502. The van der Waals surface area contributed by atoms with Gasteiger partial charge in [-0.3, -0.25) is 4.90 Å². The lowest BCUT2D eigenvalue weighted by atomic mass is 9.97. The maximum absolute atomic E-state index is 6.21. The second-order valence-electron chi connectivity index (χ2n) is 7.14. The molecule has 0 aromatic heterocycles. The Labute approximate surface area is 140 Å². The molecular weight excluding hydrogens is 296 g/mol. The van der Waals surface area contributed by atoms with Gasteiger partial charge in [0, 0.05) is 24.6 Å². The van der Waals surface area contributed by atoms with Crippen molar-refractivity contribution in [3.05, 3.63) is 29.3 Å². The van der Waals surface area contributed by atoms with Crippen LogP contribution in [0.4, 0.5) is 0 Å². The van der Waals surface area contributed by atoms with E-state index in [1.165, 1.54) is 36.9 Å². The van der Waals surface area contributed by atoms with Crippen LogP contribution in [0.2, 0.25) is 0 Å². The highest BCUT2D eigenvalue weighted by molar-refractivity contribution is 5.85. The third kappa shape index (κ3) is 3.76. The summed E-state index contributed by atoms with van der Waals surface area (Å²) in [6.45, 7) is 7.34. The van der Waals surface area contributed by atoms with Crippen LogP contribution in [0.1, 0.15) is 50.7 Å². The molecule has 3 nitrogen and oxygen atoms in total. The number of fused-ring (bicyclic) bond motifs is 1. The van der Waals surface area contributed by atoms with E-state index >= 15 is 0 Å². The van der Waals surface area contributed by atoms with Crippen molar-refractivity contribution in [3.8, 4) is 5.75 Å². The number of nitrogens with zero attached hydrogens (tertiary/aromatic N) is 1. The first-order valence-electron chi connectivity index (χ1n) is 8.33. The highest BCUT2D eigenvalue weighted by atomic mass is 35.5. The predicted molar refractivity (Wildman–Crippen MR) is 93.8 cm³/mol. The van der Waals surface area contributed by atoms with E-state index in [1.54, 1.807) is 0 Å². The smallest absolute Gasteiger partial charge is 0.127 e. The number of nitrogens with two attached hydrogens (primary N) is 1. The van der Waals surface area contributed by atoms with Gasteiger partial charge in [0.15, 0.2) is 0 Å². The lowest BCUT2D eigenvalue weighted by Gasteiger charge is -2.36. The van der Waals surface area contributed by atoms with E-state index in [-0.39, 0.29) is 18.0 Å². The molecule has 1 unspecified atom stereocenters. The van der Waals surface area contributed by atoms with Gasteiger partial charge in [-0.25, -0.2) is 0 Å². The first kappa shape index (κ1) is 17.6. The minimum absolute atomic E-state index is 0. The highest BCUT2D eigenvalue weighted by Gasteiger charge is 2.32. The Balaban J connectivity index is 0.00000176. The van der Waals surface area contributed by atoms with Crippen molar-refractivity contribution < 1.29 is 4.74 Å². The first-order valence-corrected chi connectivity index (χ1v) is 8.33. The van der Waals surface area contributed by atoms with Gasteiger partial charge in [0.2, 0.25) is 0 Å². The number of para-hydroxylation sites is 1. The molecule has 0 aliphatic carbocycles. The van der Waals surface area contributed by atoms with Crippen LogP contribution in [-0.2, 0) is 13.0 Å². The zero-order valence-electron chi connectivity index (χ0n) is 13.8. The fourth-order valence-electron chi connectivity index (χ4n) is 3.81. The average molecular weight is 325 g/mol. The molecule has 1 fully saturated rings. The van der Waals surface area contributed by atoms with Gasteiger partial charge in [-0.05, 0) is 51.8 Å². The number of benzene rings is 1. The molecule has 0 amide bonds. The third-order valence-corrected chi connectivity index (χ3v) is 4.80. The van der Waals surface area contributed by atoms with E-state index < -0.39 is 0 Å². The number of halogens is 1. The van der Waals surface area contributed by atoms with Gasteiger partial charge in [-0.1, -0.05) is 24.6 Å². The summed E-state index contributed by atoms with van der Waals surface area (Å²) in [4.78, 5) is 2.61. The van der Waals surface area contributed by atoms with Crippen LogP contribution >= 0.6 is 12.4 Å². The van der Waals surface area contributed by atoms with Gasteiger partial charge < -0.3 is 10.5 Å². The summed E-state index contributed by atoms with van der Waals surface area (Å²) in [6, 6.07) is 7.27. The van der Waals surface area contributed by atoms with E-state index in [2.05, 4.69) is 36.9 Å². The molecule has 0 radical (unpaired) electrons. The normalized spacial score (nSPS) is 23.5. The van der Waals surface area contributed by atoms with Crippen molar-refractivity contribution in [1.82, 2.24) is 4.90 Å². The molecule has 2 aliphatic rings. The molecular formula is C18H29ClN2O. The van der Waals surface area contributed by atoms with E-state index in [4.69, 9.17) is 10.5 Å². The molecule has 4 heteroatoms. The molecule has 1 aromatic carbocycles. The molecule has 2 N–H and O–H groups in total. The topological polar surface area (TPSA) is 38.5 Å². The van der Waals surface area contributed by atoms with E-state index in [9.17, 15) is 0 Å². The fourth-order valence-corrected chi connectivity index (χ4v) is 3.81. The number of ether oxygens (including phenoxy) is 1. The summed E-state index contributed by atoms with van der Waals surface area (Å²) in [5, 5.41) is 0. The first-order chi connectivity index (χ1) is 10.1. The van der Waals surface area contributed by atoms with Gasteiger partial charge in [-0.2, -0.15) is 0 Å². The van der Waals surface area contributed by atoms with Crippen LogP contribution in [0.3, 0.4) is 0 Å². The van der Waals surface area contributed by atoms with E-state index in [0.29, 0.717) is 6.04 Å². The minimum atomic E-state index is -0.0585. The highest BCUT2D eigenvalue weighted by Crippen LogP contribution is 2.38. The Hall–Kier alpha value is -0.770. The number of likely N-dealkylation sites (tertiary alicyclic amines) is 1. The Kier molecular flexibility index (Phi) is 5.76. The lowest BCUT2D eigenvalue weighted by molar-refractivity contribution is 0.120. The van der Waals surface area contributed by atoms with Crippen LogP contribution in [0.5, 0.6) is 5.75 Å². The predicted octanol–water partition coefficient (Wildman–Crippen LogP) is 3.53. The van der Waals surface area contributed by atoms with Crippen molar-refractivity contribution in [2.75, 3.05) is 13.1 Å². The maximum Gasteiger partial charge on any atom is 0.127 e. The average Bonchev–Trinajstić information content (AvgIpc) is 2.76. The standard InChI is InChI=1S/C18H28N2O.ClH/c1-18(2)12-14-6-5-7-15(17(14)21-18)13-20-11-4-3-8-16(20)9-10-19;/h5-7,16H,3-4,8-13,19H2,1-2H3;1H. The second kappa shape index (κ2) is 7.20. The van der Waals surface area contributed by atoms with Gasteiger partial charge in [-0.15, -0.1) is 12.4 Å². The second-order valence-corrected chi connectivity index (χ2v) is 7.14. The third-order valence-electron chi connectivity index (χ3n) is 4.80. The molecule has 2 heterocycles. The zero-order valence-corrected chi connectivity index (χ0v) is 14.6. The minimum Gasteiger partial charge on any atom is -0.487 e. The molecule has 1 saturated heterocycles. The Morgan fingerprint density at radius 1 is 1.32 bits per heavy atom. The summed E-state index contributed by atoms with van der Waals surface area (Å²) in [5.41, 5.74) is 8.45. The van der Waals surface area contributed by atoms with Gasteiger partial charge in [0.1, 0.15) is 11.4 Å². The Morgan fingerprint density at radius 3 is 2.91 bits per heavy atom. The summed E-state index contributed by atoms with van der Waals surface area (Å²) in [7, 11) is 0. The SMILES string of the molecule is CC1(C)Cc2cccc(CN3CCCCC3CCN)c2O1.Cl. The molecule has 1 atom stereocenters. The molecule has 2 aliphatic heterocycles. The molecule has 22 heavy (non-hydrogen) atoms. The van der Waals surface area contributed by atoms with Crippen LogP contribution in [0, 0.1) is 0 Å². The van der Waals surface area contributed by atoms with Crippen molar-refractivity contribution in [2.45, 2.75) is 64.1 Å². The molecule has 1 aromatic rings. The summed E-state index contributed by atoms with van der Waals surface area (Å²) < 4.78 is 6.21. The van der Waals surface area contributed by atoms with Crippen LogP contribution in [0.25, 0.3) is 0 Å². The van der Waals surface area contributed by atoms with Gasteiger partial charge in [0.05, 0.1) is 0 Å². The fraction of sp³-hybridized carbons (Fsp3) is 0.667. The van der Waals surface area contributed by atoms with E-state index in [1.807, 2.05) is 0 Å². The van der Waals surface area contributed by atoms with Crippen molar-refractivity contribution in [2.24, 2.45) is 5.73 Å². The lowest BCUT2D eigenvalue weighted by Crippen LogP contribution is -2.40. The summed E-state index contributed by atoms with van der Waals surface area (Å²) in [6.07, 6.45) is 6.07. The number of rotatable bonds is 4. The molecule has 0 spiro atoms. The van der Waals surface area contributed by atoms with Crippen LogP contribution in [0.15, 0.2) is 18.2 Å². The largest absolute Gasteiger partial charge is 0.487 e. The number of piperidine rings is 1. The monoisotopic (exact) mass is 324 g/mol. The summed E-state index contributed by atoms with van der Waals surface area (Å²) in [5.74, 6) is 1.14. The van der Waals surface area contributed by atoms with Gasteiger partial charge in [0.25, 0.3) is 0 Å². The zero-order chi connectivity index (χ0) is 14.9. The van der Waals surface area contributed by atoms with Crippen LogP contribution < -0.4 is 10.5 Å². The van der Waals surface area contributed by atoms with Gasteiger partial charge >= 0.3 is 0 Å². The molecule has 124 valence electrons. The molecule has 3 rings (SSSR count). The maximum atomic E-state index is 6.21. The van der Waals surface area contributed by atoms with Crippen molar-refractivity contribution in [1.29, 1.82) is 0 Å². The molecule has 0 bridgehead atoms. The summed E-state index contributed by atoms with van der Waals surface area (Å²) >= 11 is 0. The number of hydrogen-bond acceptors (Lipinski definition) is 3. The quantitative estimate of drug-likeness (QED) is 0.921. The van der Waals surface area contributed by atoms with E-state index in [0.717, 1.165) is 31.7 Å². The van der Waals surface area contributed by atoms with Crippen molar-refractivity contribution in [3.63, 3.8) is 0 Å². The van der Waals surface area contributed by atoms with Crippen molar-refractivity contribution >= 4 is 12.4 Å². The number of hydrogen-bond donors (Lipinski definition) is 1. The van der Waals surface area contributed by atoms with Crippen LogP contribution in [-0.4, -0.2) is 29.6 Å². The Morgan fingerprint density at radius 2 is 2.14 bits per heavy atom. The molecule has 0 saturated carbocycles.